The molecule has 0 unspecified atom stereocenters. The Labute approximate surface area is 147 Å². The van der Waals surface area contributed by atoms with E-state index in [0.717, 1.165) is 16.9 Å². The van der Waals surface area contributed by atoms with Crippen LogP contribution in [0.3, 0.4) is 0 Å². The fourth-order valence-corrected chi connectivity index (χ4v) is 3.08. The molecule has 1 N–H and O–H groups in total. The van der Waals surface area contributed by atoms with Crippen molar-refractivity contribution >= 4 is 0 Å². The van der Waals surface area contributed by atoms with E-state index in [0.29, 0.717) is 23.8 Å². The highest BCUT2D eigenvalue weighted by Crippen LogP contribution is 2.36. The number of hydrogen-bond acceptors (Lipinski definition) is 6. The van der Waals surface area contributed by atoms with Gasteiger partial charge in [0.15, 0.2) is 23.0 Å². The molecular weight excluding hydrogens is 322 g/mol. The van der Waals surface area contributed by atoms with Crippen molar-refractivity contribution in [2.45, 2.75) is 12.6 Å². The molecule has 6 nitrogen and oxygen atoms in total. The molecule has 0 radical (unpaired) electrons. The monoisotopic (exact) mass is 345 g/mol. The van der Waals surface area contributed by atoms with Gasteiger partial charge in [-0.05, 0) is 30.8 Å². The first-order valence-corrected chi connectivity index (χ1v) is 8.08. The highest BCUT2D eigenvalue weighted by molar-refractivity contribution is 5.47. The maximum Gasteiger partial charge on any atom is 0.231 e. The van der Waals surface area contributed by atoms with Gasteiger partial charge in [0.2, 0.25) is 6.79 Å². The minimum absolute atomic E-state index is 0.0115. The molecule has 0 aliphatic carbocycles. The number of aliphatic hydroxyl groups excluding tert-OH is 1. The van der Waals surface area contributed by atoms with E-state index >= 15 is 0 Å². The minimum atomic E-state index is -0.176. The van der Waals surface area contributed by atoms with Gasteiger partial charge in [-0.3, -0.25) is 4.90 Å². The van der Waals surface area contributed by atoms with Crippen molar-refractivity contribution in [1.82, 2.24) is 4.90 Å². The van der Waals surface area contributed by atoms with E-state index in [1.165, 1.54) is 0 Å². The molecule has 0 saturated heterocycles. The standard InChI is InChI=1S/C19H23NO5/c1-20(10-14-5-4-6-17(22-2)19(14)23-3)15(11-21)13-7-8-16-18(9-13)25-12-24-16/h4-9,15,21H,10-12H2,1-3H3/t15-/m1/s1. The van der Waals surface area contributed by atoms with E-state index in [-0.39, 0.29) is 19.4 Å². The molecule has 1 atom stereocenters. The predicted octanol–water partition coefficient (Wildman–Crippen LogP) is 2.60. The summed E-state index contributed by atoms with van der Waals surface area (Å²) in [6.45, 7) is 0.821. The topological polar surface area (TPSA) is 60.4 Å². The summed E-state index contributed by atoms with van der Waals surface area (Å²) in [5.74, 6) is 2.84. The Balaban J connectivity index is 1.83. The van der Waals surface area contributed by atoms with Crippen molar-refractivity contribution < 1.29 is 24.1 Å². The number of para-hydroxylation sites is 1. The molecule has 2 aromatic rings. The van der Waals surface area contributed by atoms with Crippen LogP contribution in [0.15, 0.2) is 36.4 Å². The zero-order valence-corrected chi connectivity index (χ0v) is 14.7. The van der Waals surface area contributed by atoms with Gasteiger partial charge in [-0.25, -0.2) is 0 Å². The molecule has 0 spiro atoms. The zero-order chi connectivity index (χ0) is 17.8. The van der Waals surface area contributed by atoms with E-state index in [4.69, 9.17) is 18.9 Å². The van der Waals surface area contributed by atoms with Crippen LogP contribution in [-0.2, 0) is 6.54 Å². The lowest BCUT2D eigenvalue weighted by Gasteiger charge is -2.28. The first-order valence-electron chi connectivity index (χ1n) is 8.08. The van der Waals surface area contributed by atoms with Gasteiger partial charge in [0.25, 0.3) is 0 Å². The molecule has 0 fully saturated rings. The van der Waals surface area contributed by atoms with Gasteiger partial charge < -0.3 is 24.1 Å². The molecule has 25 heavy (non-hydrogen) atoms. The van der Waals surface area contributed by atoms with Crippen LogP contribution >= 0.6 is 0 Å². The summed E-state index contributed by atoms with van der Waals surface area (Å²) in [5.41, 5.74) is 1.96. The highest BCUT2D eigenvalue weighted by Gasteiger charge is 2.22. The van der Waals surface area contributed by atoms with Crippen molar-refractivity contribution in [1.29, 1.82) is 0 Å². The minimum Gasteiger partial charge on any atom is -0.493 e. The van der Waals surface area contributed by atoms with Crippen molar-refractivity contribution in [3.8, 4) is 23.0 Å². The first kappa shape index (κ1) is 17.4. The van der Waals surface area contributed by atoms with Crippen LogP contribution < -0.4 is 18.9 Å². The molecule has 6 heteroatoms. The van der Waals surface area contributed by atoms with Gasteiger partial charge in [-0.1, -0.05) is 18.2 Å². The Bertz CT molecular complexity index is 734. The van der Waals surface area contributed by atoms with E-state index in [1.807, 2.05) is 43.4 Å². The summed E-state index contributed by atoms with van der Waals surface area (Å²) in [5, 5.41) is 9.93. The lowest BCUT2D eigenvalue weighted by atomic mass is 10.0. The second-order valence-electron chi connectivity index (χ2n) is 5.88. The van der Waals surface area contributed by atoms with Gasteiger partial charge in [0, 0.05) is 12.1 Å². The van der Waals surface area contributed by atoms with Crippen molar-refractivity contribution in [2.75, 3.05) is 34.7 Å². The van der Waals surface area contributed by atoms with Crippen molar-refractivity contribution in [3.63, 3.8) is 0 Å². The van der Waals surface area contributed by atoms with Gasteiger partial charge >= 0.3 is 0 Å². The molecule has 0 aromatic heterocycles. The van der Waals surface area contributed by atoms with Crippen LogP contribution in [0.4, 0.5) is 0 Å². The number of hydrogen-bond donors (Lipinski definition) is 1. The molecule has 134 valence electrons. The van der Waals surface area contributed by atoms with E-state index in [9.17, 15) is 5.11 Å². The lowest BCUT2D eigenvalue weighted by Crippen LogP contribution is -2.27. The number of benzene rings is 2. The largest absolute Gasteiger partial charge is 0.493 e. The Morgan fingerprint density at radius 2 is 1.92 bits per heavy atom. The zero-order valence-electron chi connectivity index (χ0n) is 14.7. The molecule has 0 bridgehead atoms. The molecule has 1 heterocycles. The van der Waals surface area contributed by atoms with Crippen LogP contribution in [0.5, 0.6) is 23.0 Å². The Kier molecular flexibility index (Phi) is 5.31. The lowest BCUT2D eigenvalue weighted by molar-refractivity contribution is 0.141. The fraction of sp³-hybridized carbons (Fsp3) is 0.368. The highest BCUT2D eigenvalue weighted by atomic mass is 16.7. The van der Waals surface area contributed by atoms with E-state index in [2.05, 4.69) is 4.90 Å². The number of nitrogens with zero attached hydrogens (tertiary/aromatic N) is 1. The fourth-order valence-electron chi connectivity index (χ4n) is 3.08. The normalized spacial score (nSPS) is 13.8. The van der Waals surface area contributed by atoms with Gasteiger partial charge in [0.1, 0.15) is 0 Å². The molecule has 0 amide bonds. The summed E-state index contributed by atoms with van der Waals surface area (Å²) in [4.78, 5) is 2.06. The van der Waals surface area contributed by atoms with Crippen LogP contribution in [0.25, 0.3) is 0 Å². The Morgan fingerprint density at radius 1 is 1.12 bits per heavy atom. The number of fused-ring (bicyclic) bond motifs is 1. The van der Waals surface area contributed by atoms with Gasteiger partial charge in [-0.15, -0.1) is 0 Å². The molecule has 1 aliphatic rings. The van der Waals surface area contributed by atoms with Crippen LogP contribution in [0.2, 0.25) is 0 Å². The van der Waals surface area contributed by atoms with Crippen LogP contribution in [0, 0.1) is 0 Å². The Hall–Kier alpha value is -2.44. The molecule has 0 saturated carbocycles. The van der Waals surface area contributed by atoms with Gasteiger partial charge in [-0.2, -0.15) is 0 Å². The molecular formula is C19H23NO5. The number of rotatable bonds is 7. The summed E-state index contributed by atoms with van der Waals surface area (Å²) in [6, 6.07) is 11.4. The smallest absolute Gasteiger partial charge is 0.231 e. The third-order valence-corrected chi connectivity index (χ3v) is 4.39. The summed E-state index contributed by atoms with van der Waals surface area (Å²) < 4.78 is 21.6. The second kappa shape index (κ2) is 7.63. The van der Waals surface area contributed by atoms with Crippen molar-refractivity contribution in [2.24, 2.45) is 0 Å². The maximum atomic E-state index is 9.93. The number of methoxy groups -OCH3 is 2. The first-order chi connectivity index (χ1) is 12.2. The van der Waals surface area contributed by atoms with Crippen molar-refractivity contribution in [3.05, 3.63) is 47.5 Å². The van der Waals surface area contributed by atoms with Crippen LogP contribution in [-0.4, -0.2) is 44.7 Å². The third kappa shape index (κ3) is 3.50. The average Bonchev–Trinajstić information content (AvgIpc) is 3.10. The van der Waals surface area contributed by atoms with E-state index in [1.54, 1.807) is 14.2 Å². The summed E-state index contributed by atoms with van der Waals surface area (Å²) in [7, 11) is 5.21. The Morgan fingerprint density at radius 3 is 2.64 bits per heavy atom. The SMILES string of the molecule is COc1cccc(CN(C)[C@H](CO)c2ccc3c(c2)OCO3)c1OC. The summed E-state index contributed by atoms with van der Waals surface area (Å²) >= 11 is 0. The molecule has 2 aromatic carbocycles. The second-order valence-corrected chi connectivity index (χ2v) is 5.88. The van der Waals surface area contributed by atoms with Crippen LogP contribution in [0.1, 0.15) is 17.2 Å². The number of ether oxygens (including phenoxy) is 4. The summed E-state index contributed by atoms with van der Waals surface area (Å²) in [6.07, 6.45) is 0. The molecule has 3 rings (SSSR count). The molecule has 1 aliphatic heterocycles. The third-order valence-electron chi connectivity index (χ3n) is 4.39. The van der Waals surface area contributed by atoms with E-state index < -0.39 is 0 Å². The number of likely N-dealkylation sites (N-methyl/N-ethyl adjacent to an activating group) is 1. The maximum absolute atomic E-state index is 9.93. The quantitative estimate of drug-likeness (QED) is 0.832. The van der Waals surface area contributed by atoms with Gasteiger partial charge in [0.05, 0.1) is 26.9 Å². The number of aliphatic hydroxyl groups is 1. The predicted molar refractivity (Wildman–Crippen MR) is 93.4 cm³/mol. The average molecular weight is 345 g/mol.